The minimum absolute atomic E-state index is 0.317. The van der Waals surface area contributed by atoms with Gasteiger partial charge in [0.25, 0.3) is 0 Å². The zero-order valence-electron chi connectivity index (χ0n) is 5.89. The average molecular weight is 128 g/mol. The first kappa shape index (κ1) is 8.28. The topological polar surface area (TPSA) is 18.5 Å². The predicted molar refractivity (Wildman–Crippen MR) is 35.9 cm³/mol. The van der Waals surface area contributed by atoms with E-state index >= 15 is 0 Å². The maximum atomic E-state index is 4.87. The Morgan fingerprint density at radius 2 is 2.33 bits per heavy atom. The van der Waals surface area contributed by atoms with Gasteiger partial charge >= 0.3 is 0 Å². The standard InChI is InChI=1S/C7H12O2/c1-3-5-6-9-7-8-4-2/h3,6H,4,7H2,1-2H3. The molecule has 0 rings (SSSR count). The first-order valence-corrected chi connectivity index (χ1v) is 2.96. The Labute approximate surface area is 55.8 Å². The number of rotatable bonds is 4. The summed E-state index contributed by atoms with van der Waals surface area (Å²) in [6, 6.07) is 0. The number of hydrogen-bond acceptors (Lipinski definition) is 2. The fourth-order valence-electron chi connectivity index (χ4n) is 0.282. The first-order chi connectivity index (χ1) is 4.41. The number of ether oxygens (including phenoxy) is 2. The molecule has 0 fully saturated rings. The molecule has 0 atom stereocenters. The van der Waals surface area contributed by atoms with Crippen LogP contribution in [0.4, 0.5) is 0 Å². The molecule has 0 aliphatic heterocycles. The second-order valence-electron chi connectivity index (χ2n) is 1.35. The Morgan fingerprint density at radius 3 is 2.89 bits per heavy atom. The van der Waals surface area contributed by atoms with Crippen LogP contribution in [0.5, 0.6) is 0 Å². The lowest BCUT2D eigenvalue weighted by atomic mass is 10.7. The molecule has 2 nitrogen and oxygen atoms in total. The van der Waals surface area contributed by atoms with Crippen LogP contribution >= 0.6 is 0 Å². The van der Waals surface area contributed by atoms with Crippen LogP contribution in [0.2, 0.25) is 0 Å². The van der Waals surface area contributed by atoms with Crippen molar-refractivity contribution < 1.29 is 9.47 Å². The van der Waals surface area contributed by atoms with Crippen LogP contribution in [-0.4, -0.2) is 13.4 Å². The summed E-state index contributed by atoms with van der Waals surface area (Å²) >= 11 is 0. The van der Waals surface area contributed by atoms with Crippen molar-refractivity contribution in [1.29, 1.82) is 0 Å². The molecule has 0 N–H and O–H groups in total. The minimum atomic E-state index is 0.317. The van der Waals surface area contributed by atoms with Gasteiger partial charge in [-0.3, -0.25) is 0 Å². The van der Waals surface area contributed by atoms with Gasteiger partial charge in [0.05, 0.1) is 0 Å². The van der Waals surface area contributed by atoms with Crippen molar-refractivity contribution in [1.82, 2.24) is 0 Å². The third-order valence-electron chi connectivity index (χ3n) is 0.674. The van der Waals surface area contributed by atoms with E-state index in [2.05, 4.69) is 5.73 Å². The van der Waals surface area contributed by atoms with Crippen LogP contribution in [0.25, 0.3) is 0 Å². The monoisotopic (exact) mass is 128 g/mol. The molecule has 0 aromatic rings. The van der Waals surface area contributed by atoms with Gasteiger partial charge in [0, 0.05) is 6.61 Å². The van der Waals surface area contributed by atoms with Gasteiger partial charge in [0.15, 0.2) is 6.79 Å². The van der Waals surface area contributed by atoms with E-state index in [1.165, 1.54) is 6.26 Å². The van der Waals surface area contributed by atoms with E-state index in [4.69, 9.17) is 9.47 Å². The Balaban J connectivity index is 3.00. The highest BCUT2D eigenvalue weighted by Gasteiger charge is 1.74. The van der Waals surface area contributed by atoms with Crippen molar-refractivity contribution in [3.63, 3.8) is 0 Å². The SMILES string of the molecule is CC=C=COCOCC. The highest BCUT2D eigenvalue weighted by Crippen LogP contribution is 1.77. The Bertz CT molecular complexity index is 101. The molecule has 0 aromatic heterocycles. The number of hydrogen-bond donors (Lipinski definition) is 0. The van der Waals surface area contributed by atoms with Gasteiger partial charge in [-0.05, 0) is 19.9 Å². The molecular weight excluding hydrogens is 116 g/mol. The number of allylic oxidation sites excluding steroid dienone is 1. The van der Waals surface area contributed by atoms with Crippen molar-refractivity contribution in [2.75, 3.05) is 13.4 Å². The zero-order valence-corrected chi connectivity index (χ0v) is 5.89. The second kappa shape index (κ2) is 7.28. The van der Waals surface area contributed by atoms with Crippen LogP contribution in [-0.2, 0) is 9.47 Å². The predicted octanol–water partition coefficient (Wildman–Crippen LogP) is 1.69. The van der Waals surface area contributed by atoms with E-state index in [9.17, 15) is 0 Å². The van der Waals surface area contributed by atoms with Crippen LogP contribution in [0.3, 0.4) is 0 Å². The van der Waals surface area contributed by atoms with Crippen LogP contribution in [0.15, 0.2) is 18.1 Å². The van der Waals surface area contributed by atoms with E-state index in [0.717, 1.165) is 0 Å². The summed E-state index contributed by atoms with van der Waals surface area (Å²) in [6.07, 6.45) is 3.25. The van der Waals surface area contributed by atoms with Gasteiger partial charge in [0.2, 0.25) is 0 Å². The highest BCUT2D eigenvalue weighted by molar-refractivity contribution is 4.73. The third kappa shape index (κ3) is 7.28. The molecule has 0 amide bonds. The maximum Gasteiger partial charge on any atom is 0.189 e. The molecule has 0 aliphatic rings. The largest absolute Gasteiger partial charge is 0.467 e. The molecule has 0 aliphatic carbocycles. The van der Waals surface area contributed by atoms with Gasteiger partial charge in [-0.25, -0.2) is 0 Å². The quantitative estimate of drug-likeness (QED) is 0.248. The molecule has 0 radical (unpaired) electrons. The van der Waals surface area contributed by atoms with E-state index in [0.29, 0.717) is 13.4 Å². The molecule has 2 heteroatoms. The molecule has 0 aromatic carbocycles. The summed E-state index contributed by atoms with van der Waals surface area (Å²) in [7, 11) is 0. The van der Waals surface area contributed by atoms with Gasteiger partial charge in [-0.2, -0.15) is 0 Å². The van der Waals surface area contributed by atoms with Gasteiger partial charge in [-0.15, -0.1) is 0 Å². The Morgan fingerprint density at radius 1 is 1.56 bits per heavy atom. The lowest BCUT2D eigenvalue weighted by molar-refractivity contribution is -0.00490. The Hall–Kier alpha value is -0.720. The summed E-state index contributed by atoms with van der Waals surface area (Å²) in [5.74, 6) is 0. The highest BCUT2D eigenvalue weighted by atomic mass is 16.7. The van der Waals surface area contributed by atoms with Crippen LogP contribution in [0.1, 0.15) is 13.8 Å². The van der Waals surface area contributed by atoms with Crippen LogP contribution in [0, 0.1) is 0 Å². The third-order valence-corrected chi connectivity index (χ3v) is 0.674. The van der Waals surface area contributed by atoms with Crippen molar-refractivity contribution in [2.45, 2.75) is 13.8 Å². The first-order valence-electron chi connectivity index (χ1n) is 2.96. The summed E-state index contributed by atoms with van der Waals surface area (Å²) in [6.45, 7) is 4.80. The van der Waals surface area contributed by atoms with Gasteiger partial charge in [-0.1, -0.05) is 5.73 Å². The summed E-state index contributed by atoms with van der Waals surface area (Å²) < 4.78 is 9.70. The van der Waals surface area contributed by atoms with Crippen molar-refractivity contribution >= 4 is 0 Å². The summed E-state index contributed by atoms with van der Waals surface area (Å²) in [4.78, 5) is 0. The zero-order chi connectivity index (χ0) is 6.95. The van der Waals surface area contributed by atoms with E-state index < -0.39 is 0 Å². The summed E-state index contributed by atoms with van der Waals surface area (Å²) in [5, 5.41) is 0. The molecule has 0 heterocycles. The fraction of sp³-hybridized carbons (Fsp3) is 0.571. The molecule has 0 saturated heterocycles. The molecular formula is C7H12O2. The minimum Gasteiger partial charge on any atom is -0.467 e. The summed E-state index contributed by atoms with van der Waals surface area (Å²) in [5.41, 5.74) is 2.75. The van der Waals surface area contributed by atoms with Gasteiger partial charge in [0.1, 0.15) is 6.26 Å². The molecule has 0 spiro atoms. The lowest BCUT2D eigenvalue weighted by Crippen LogP contribution is -1.92. The van der Waals surface area contributed by atoms with Gasteiger partial charge < -0.3 is 9.47 Å². The average Bonchev–Trinajstić information content (AvgIpc) is 1.89. The normalized spacial score (nSPS) is 7.78. The molecule has 52 valence electrons. The van der Waals surface area contributed by atoms with E-state index in [1.807, 2.05) is 13.8 Å². The maximum absolute atomic E-state index is 4.87. The molecule has 9 heavy (non-hydrogen) atoms. The molecule has 0 unspecified atom stereocenters. The second-order valence-corrected chi connectivity index (χ2v) is 1.35. The molecule has 0 saturated carbocycles. The lowest BCUT2D eigenvalue weighted by Gasteiger charge is -1.96. The van der Waals surface area contributed by atoms with E-state index in [1.54, 1.807) is 6.08 Å². The van der Waals surface area contributed by atoms with E-state index in [-0.39, 0.29) is 0 Å². The van der Waals surface area contributed by atoms with Crippen LogP contribution < -0.4 is 0 Å². The smallest absolute Gasteiger partial charge is 0.189 e. The fourth-order valence-corrected chi connectivity index (χ4v) is 0.282. The van der Waals surface area contributed by atoms with Crippen molar-refractivity contribution in [2.24, 2.45) is 0 Å². The van der Waals surface area contributed by atoms with Crippen molar-refractivity contribution in [3.05, 3.63) is 18.1 Å². The molecule has 0 bridgehead atoms. The Kier molecular flexibility index (Phi) is 6.70. The van der Waals surface area contributed by atoms with Crippen molar-refractivity contribution in [3.8, 4) is 0 Å².